The minimum atomic E-state index is -0.0306. The van der Waals surface area contributed by atoms with Gasteiger partial charge in [0.25, 0.3) is 0 Å². The Labute approximate surface area is 135 Å². The second kappa shape index (κ2) is 7.08. The number of carbonyl (C=O) groups excluding carboxylic acids is 2. The first-order valence-corrected chi connectivity index (χ1v) is 9.40. The number of hydrogen-bond donors (Lipinski definition) is 3. The molecular formula is C15H26N4O2S. The lowest BCUT2D eigenvalue weighted by Crippen LogP contribution is -2.45. The van der Waals surface area contributed by atoms with Crippen molar-refractivity contribution < 1.29 is 9.59 Å². The lowest BCUT2D eigenvalue weighted by Gasteiger charge is -2.30. The quantitative estimate of drug-likeness (QED) is 0.512. The number of nitrogens with two attached hydrogens (primary N) is 1. The third-order valence-electron chi connectivity index (χ3n) is 4.88. The van der Waals surface area contributed by atoms with Gasteiger partial charge >= 0.3 is 6.03 Å². The molecule has 0 aliphatic carbocycles. The molecule has 0 saturated carbocycles. The molecule has 124 valence electrons. The summed E-state index contributed by atoms with van der Waals surface area (Å²) in [6, 6.07) is 0.687. The summed E-state index contributed by atoms with van der Waals surface area (Å²) in [5.74, 6) is 1.25. The van der Waals surface area contributed by atoms with Crippen LogP contribution in [0.25, 0.3) is 0 Å². The Morgan fingerprint density at radius 1 is 1.36 bits per heavy atom. The van der Waals surface area contributed by atoms with Crippen LogP contribution in [0.5, 0.6) is 0 Å². The fourth-order valence-corrected chi connectivity index (χ4v) is 5.20. The smallest absolute Gasteiger partial charge is 0.315 e. The Balaban J connectivity index is 1.34. The number of urea groups is 1. The number of fused-ring (bicyclic) bond motifs is 1. The van der Waals surface area contributed by atoms with Crippen molar-refractivity contribution in [3.8, 4) is 0 Å². The van der Waals surface area contributed by atoms with Gasteiger partial charge in [0.1, 0.15) is 0 Å². The van der Waals surface area contributed by atoms with Crippen LogP contribution < -0.4 is 16.4 Å². The zero-order chi connectivity index (χ0) is 15.5. The maximum Gasteiger partial charge on any atom is 0.315 e. The third kappa shape index (κ3) is 3.68. The van der Waals surface area contributed by atoms with Crippen LogP contribution in [0.1, 0.15) is 38.5 Å². The Morgan fingerprint density at radius 2 is 2.23 bits per heavy atom. The average molecular weight is 326 g/mol. The zero-order valence-corrected chi connectivity index (χ0v) is 13.7. The first-order valence-electron chi connectivity index (χ1n) is 8.35. The molecule has 0 radical (unpaired) electrons. The van der Waals surface area contributed by atoms with Crippen molar-refractivity contribution >= 4 is 23.7 Å². The molecule has 3 rings (SSSR count). The molecule has 3 aliphatic rings. The molecule has 4 atom stereocenters. The van der Waals surface area contributed by atoms with E-state index in [1.54, 1.807) is 0 Å². The van der Waals surface area contributed by atoms with Crippen LogP contribution >= 0.6 is 11.8 Å². The van der Waals surface area contributed by atoms with E-state index in [-0.39, 0.29) is 24.0 Å². The number of unbranched alkanes of at least 4 members (excludes halogenated alkanes) is 1. The van der Waals surface area contributed by atoms with Gasteiger partial charge in [-0.25, -0.2) is 4.79 Å². The monoisotopic (exact) mass is 326 g/mol. The lowest BCUT2D eigenvalue weighted by atomic mass is 10.0. The van der Waals surface area contributed by atoms with Gasteiger partial charge in [-0.3, -0.25) is 4.79 Å². The molecule has 22 heavy (non-hydrogen) atoms. The SMILES string of the molecule is N[C@@H]1CCCN(C(=O)CCCC[C@@H]2SC[C@@H]3NC(=O)N[C@@H]32)C1. The molecular weight excluding hydrogens is 300 g/mol. The first-order chi connectivity index (χ1) is 10.6. The molecule has 7 heteroatoms. The third-order valence-corrected chi connectivity index (χ3v) is 6.39. The highest BCUT2D eigenvalue weighted by Crippen LogP contribution is 2.33. The summed E-state index contributed by atoms with van der Waals surface area (Å²) in [7, 11) is 0. The average Bonchev–Trinajstić information content (AvgIpc) is 3.03. The van der Waals surface area contributed by atoms with Crippen molar-refractivity contribution in [2.75, 3.05) is 18.8 Å². The van der Waals surface area contributed by atoms with E-state index in [2.05, 4.69) is 10.6 Å². The highest BCUT2D eigenvalue weighted by Gasteiger charge is 2.42. The Hall–Kier alpha value is -0.950. The standard InChI is InChI=1S/C15H26N4O2S/c16-10-4-3-7-19(8-10)13(20)6-2-1-5-12-14-11(9-22-12)17-15(21)18-14/h10-12,14H,1-9,16H2,(H2,17,18,21)/t10-,11+,12+,14+/m1/s1. The van der Waals surface area contributed by atoms with Crippen molar-refractivity contribution in [3.05, 3.63) is 0 Å². The highest BCUT2D eigenvalue weighted by atomic mass is 32.2. The van der Waals surface area contributed by atoms with Gasteiger partial charge < -0.3 is 21.3 Å². The van der Waals surface area contributed by atoms with E-state index in [4.69, 9.17) is 5.73 Å². The number of thioether (sulfide) groups is 1. The fraction of sp³-hybridized carbons (Fsp3) is 0.867. The summed E-state index contributed by atoms with van der Waals surface area (Å²) in [5, 5.41) is 6.46. The van der Waals surface area contributed by atoms with Crippen LogP contribution in [-0.2, 0) is 4.79 Å². The minimum Gasteiger partial charge on any atom is -0.341 e. The van der Waals surface area contributed by atoms with Crippen LogP contribution in [0.15, 0.2) is 0 Å². The summed E-state index contributed by atoms with van der Waals surface area (Å²) in [5.41, 5.74) is 5.92. The van der Waals surface area contributed by atoms with E-state index in [9.17, 15) is 9.59 Å². The molecule has 6 nitrogen and oxygen atoms in total. The number of nitrogens with one attached hydrogen (secondary N) is 2. The second-order valence-electron chi connectivity index (χ2n) is 6.61. The van der Waals surface area contributed by atoms with Gasteiger partial charge in [0.15, 0.2) is 0 Å². The largest absolute Gasteiger partial charge is 0.341 e. The lowest BCUT2D eigenvalue weighted by molar-refractivity contribution is -0.132. The van der Waals surface area contributed by atoms with Gasteiger partial charge in [0, 0.05) is 36.6 Å². The van der Waals surface area contributed by atoms with E-state index < -0.39 is 0 Å². The number of amides is 3. The second-order valence-corrected chi connectivity index (χ2v) is 7.88. The maximum atomic E-state index is 12.2. The Morgan fingerprint density at radius 3 is 3.05 bits per heavy atom. The summed E-state index contributed by atoms with van der Waals surface area (Å²) in [4.78, 5) is 25.4. The van der Waals surface area contributed by atoms with Gasteiger partial charge in [-0.15, -0.1) is 0 Å². The van der Waals surface area contributed by atoms with Gasteiger partial charge in [0.2, 0.25) is 5.91 Å². The highest BCUT2D eigenvalue weighted by molar-refractivity contribution is 8.00. The molecule has 0 aromatic rings. The van der Waals surface area contributed by atoms with Crippen molar-refractivity contribution in [2.24, 2.45) is 5.73 Å². The van der Waals surface area contributed by atoms with E-state index in [0.717, 1.165) is 50.9 Å². The van der Waals surface area contributed by atoms with Gasteiger partial charge in [-0.05, 0) is 25.7 Å². The van der Waals surface area contributed by atoms with Crippen molar-refractivity contribution in [2.45, 2.75) is 61.9 Å². The summed E-state index contributed by atoms with van der Waals surface area (Å²) < 4.78 is 0. The summed E-state index contributed by atoms with van der Waals surface area (Å²) in [6.45, 7) is 1.59. The molecule has 3 fully saturated rings. The minimum absolute atomic E-state index is 0.0306. The van der Waals surface area contributed by atoms with Crippen LogP contribution in [0, 0.1) is 0 Å². The molecule has 0 spiro atoms. The molecule has 3 amide bonds. The van der Waals surface area contributed by atoms with E-state index in [0.29, 0.717) is 17.7 Å². The Bertz CT molecular complexity index is 434. The van der Waals surface area contributed by atoms with Crippen LogP contribution in [0.4, 0.5) is 4.79 Å². The molecule has 3 saturated heterocycles. The fourth-order valence-electron chi connectivity index (χ4n) is 3.66. The maximum absolute atomic E-state index is 12.2. The van der Waals surface area contributed by atoms with Gasteiger partial charge in [0.05, 0.1) is 12.1 Å². The number of hydrogen-bond acceptors (Lipinski definition) is 4. The van der Waals surface area contributed by atoms with E-state index in [1.807, 2.05) is 16.7 Å². The normalized spacial score (nSPS) is 34.2. The Kier molecular flexibility index (Phi) is 5.13. The number of carbonyl (C=O) groups is 2. The van der Waals surface area contributed by atoms with Gasteiger partial charge in [-0.1, -0.05) is 6.42 Å². The number of nitrogens with zero attached hydrogens (tertiary/aromatic N) is 1. The summed E-state index contributed by atoms with van der Waals surface area (Å²) >= 11 is 1.93. The predicted molar refractivity (Wildman–Crippen MR) is 87.7 cm³/mol. The van der Waals surface area contributed by atoms with Crippen LogP contribution in [0.3, 0.4) is 0 Å². The predicted octanol–water partition coefficient (Wildman–Crippen LogP) is 0.662. The molecule has 0 bridgehead atoms. The molecule has 0 unspecified atom stereocenters. The van der Waals surface area contributed by atoms with E-state index in [1.165, 1.54) is 0 Å². The number of likely N-dealkylation sites (tertiary alicyclic amines) is 1. The molecule has 3 heterocycles. The van der Waals surface area contributed by atoms with Gasteiger partial charge in [-0.2, -0.15) is 11.8 Å². The van der Waals surface area contributed by atoms with Crippen LogP contribution in [0.2, 0.25) is 0 Å². The topological polar surface area (TPSA) is 87.5 Å². The molecule has 0 aromatic carbocycles. The van der Waals surface area contributed by atoms with Crippen molar-refractivity contribution in [3.63, 3.8) is 0 Å². The zero-order valence-electron chi connectivity index (χ0n) is 12.9. The number of piperidine rings is 1. The van der Waals surface area contributed by atoms with Crippen molar-refractivity contribution in [1.29, 1.82) is 0 Å². The molecule has 0 aromatic heterocycles. The summed E-state index contributed by atoms with van der Waals surface area (Å²) in [6.07, 6.45) is 5.73. The first kappa shape index (κ1) is 15.9. The molecule has 4 N–H and O–H groups in total. The van der Waals surface area contributed by atoms with Crippen LogP contribution in [-0.4, -0.2) is 59.1 Å². The molecule has 3 aliphatic heterocycles. The van der Waals surface area contributed by atoms with E-state index >= 15 is 0 Å². The number of rotatable bonds is 5. The van der Waals surface area contributed by atoms with Crippen molar-refractivity contribution in [1.82, 2.24) is 15.5 Å².